The van der Waals surface area contributed by atoms with Crippen molar-refractivity contribution in [3.8, 4) is 0 Å². The van der Waals surface area contributed by atoms with Crippen LogP contribution in [0.3, 0.4) is 0 Å². The van der Waals surface area contributed by atoms with Crippen LogP contribution in [0.1, 0.15) is 128 Å². The van der Waals surface area contributed by atoms with Crippen LogP contribution in [-0.4, -0.2) is 28.3 Å². The molecule has 38 heavy (non-hydrogen) atoms. The molecule has 5 aliphatic rings. The molecule has 4 saturated carbocycles. The summed E-state index contributed by atoms with van der Waals surface area (Å²) in [6.45, 7) is 25.2. The zero-order valence-electron chi connectivity index (χ0n) is 26.4. The van der Waals surface area contributed by atoms with Crippen molar-refractivity contribution in [3.05, 3.63) is 11.1 Å². The number of rotatable bonds is 3. The summed E-state index contributed by atoms with van der Waals surface area (Å²) in [5.74, 6) is 2.08. The number of allylic oxidation sites excluding steroid dienone is 2. The van der Waals surface area contributed by atoms with Crippen molar-refractivity contribution in [2.45, 2.75) is 145 Å². The largest absolute Gasteiger partial charge is 0.372 e. The first-order valence-corrected chi connectivity index (χ1v) is 15.7. The third kappa shape index (κ3) is 3.29. The molecule has 0 spiro atoms. The van der Waals surface area contributed by atoms with Gasteiger partial charge in [0.1, 0.15) is 11.3 Å². The summed E-state index contributed by atoms with van der Waals surface area (Å²) in [6.07, 6.45) is 8.43. The Hall–Kier alpha value is -0.710. The molecule has 0 aromatic rings. The van der Waals surface area contributed by atoms with Gasteiger partial charge in [-0.15, -0.1) is 0 Å². The summed E-state index contributed by atoms with van der Waals surface area (Å²) >= 11 is 0. The number of Topliss-reactive ketones (excluding diaryl/α,β-unsaturated/α-hetero) is 1. The van der Waals surface area contributed by atoms with Crippen molar-refractivity contribution >= 4 is 5.78 Å². The fourth-order valence-corrected chi connectivity index (χ4v) is 12.1. The number of ketones is 1. The average Bonchev–Trinajstić information content (AvgIpc) is 3.03. The molecular formula is C34H57NO3. The lowest BCUT2D eigenvalue weighted by Crippen LogP contribution is -2.78. The molecule has 4 nitrogen and oxygen atoms in total. The Bertz CT molecular complexity index is 1060. The van der Waals surface area contributed by atoms with Gasteiger partial charge in [0.15, 0.2) is 5.78 Å². The van der Waals surface area contributed by atoms with E-state index in [1.165, 1.54) is 31.3 Å². The number of fused-ring (bicyclic) bond motifs is 7. The van der Waals surface area contributed by atoms with Gasteiger partial charge in [-0.3, -0.25) is 4.79 Å². The molecule has 0 amide bonds. The van der Waals surface area contributed by atoms with Crippen LogP contribution in [0.2, 0.25) is 0 Å². The molecule has 3 N–H and O–H groups in total. The van der Waals surface area contributed by atoms with E-state index in [2.05, 4.69) is 76.2 Å². The van der Waals surface area contributed by atoms with E-state index in [4.69, 9.17) is 10.5 Å². The highest BCUT2D eigenvalue weighted by Gasteiger charge is 2.74. The molecule has 4 fully saturated rings. The lowest BCUT2D eigenvalue weighted by molar-refractivity contribution is -0.326. The second kappa shape index (κ2) is 8.19. The van der Waals surface area contributed by atoms with E-state index < -0.39 is 16.7 Å². The zero-order valence-corrected chi connectivity index (χ0v) is 26.4. The van der Waals surface area contributed by atoms with Gasteiger partial charge in [0, 0.05) is 11.8 Å². The van der Waals surface area contributed by atoms with E-state index in [1.807, 2.05) is 0 Å². The number of hydrogen-bond acceptors (Lipinski definition) is 4. The van der Waals surface area contributed by atoms with Gasteiger partial charge in [0.25, 0.3) is 0 Å². The first-order chi connectivity index (χ1) is 17.2. The Morgan fingerprint density at radius 1 is 0.868 bits per heavy atom. The second-order valence-corrected chi connectivity index (χ2v) is 16.8. The maximum atomic E-state index is 13.4. The van der Waals surface area contributed by atoms with Crippen LogP contribution in [0.5, 0.6) is 0 Å². The third-order valence-corrected chi connectivity index (χ3v) is 13.9. The van der Waals surface area contributed by atoms with Crippen molar-refractivity contribution in [1.29, 1.82) is 0 Å². The molecule has 0 bridgehead atoms. The highest BCUT2D eigenvalue weighted by molar-refractivity contribution is 6.00. The van der Waals surface area contributed by atoms with E-state index >= 15 is 0 Å². The Kier molecular flexibility index (Phi) is 6.21. The number of carbonyl (C=O) groups is 1. The Morgan fingerprint density at radius 2 is 1.50 bits per heavy atom. The van der Waals surface area contributed by atoms with Crippen LogP contribution in [0.4, 0.5) is 0 Å². The van der Waals surface area contributed by atoms with E-state index in [0.29, 0.717) is 29.5 Å². The maximum absolute atomic E-state index is 13.4. The van der Waals surface area contributed by atoms with Crippen molar-refractivity contribution in [2.75, 3.05) is 0 Å². The molecule has 0 aliphatic heterocycles. The molecule has 4 heteroatoms. The molecule has 5 rings (SSSR count). The second-order valence-electron chi connectivity index (χ2n) is 16.8. The summed E-state index contributed by atoms with van der Waals surface area (Å²) in [4.78, 5) is 13.4. The van der Waals surface area contributed by atoms with Crippen molar-refractivity contribution < 1.29 is 14.6 Å². The fourth-order valence-electron chi connectivity index (χ4n) is 12.1. The topological polar surface area (TPSA) is 72.5 Å². The molecule has 0 aromatic heterocycles. The van der Waals surface area contributed by atoms with E-state index in [1.54, 1.807) is 5.57 Å². The molecule has 216 valence electrons. The van der Waals surface area contributed by atoms with Crippen molar-refractivity contribution in [2.24, 2.45) is 56.5 Å². The lowest BCUT2D eigenvalue weighted by Gasteiger charge is -2.74. The van der Waals surface area contributed by atoms with Crippen LogP contribution in [0.25, 0.3) is 0 Å². The first kappa shape index (κ1) is 28.8. The molecule has 0 aromatic carbocycles. The SMILES string of the molecule is CC(C)OC1(C)C[C@]2(C)[C@H]3CC[C@@H]4C5=C(C(C)C)C(=O)C[C@]5(C)CC[C@@]4(C)[C@]3(C)CC[C@H]2C(C)(C)[C@@]1(N)O. The molecule has 9 atom stereocenters. The number of carbonyl (C=O) groups excluding carboxylic acids is 1. The molecule has 1 unspecified atom stereocenters. The van der Waals surface area contributed by atoms with Gasteiger partial charge >= 0.3 is 0 Å². The monoisotopic (exact) mass is 527 g/mol. The molecule has 0 radical (unpaired) electrons. The predicted molar refractivity (Wildman–Crippen MR) is 154 cm³/mol. The summed E-state index contributed by atoms with van der Waals surface area (Å²) in [5, 5.41) is 12.0. The summed E-state index contributed by atoms with van der Waals surface area (Å²) < 4.78 is 6.59. The van der Waals surface area contributed by atoms with E-state index in [0.717, 1.165) is 25.7 Å². The minimum atomic E-state index is -1.41. The normalized spacial score (nSPS) is 52.1. The summed E-state index contributed by atoms with van der Waals surface area (Å²) in [5.41, 5.74) is 7.33. The van der Waals surface area contributed by atoms with Crippen molar-refractivity contribution in [1.82, 2.24) is 0 Å². The van der Waals surface area contributed by atoms with Gasteiger partial charge in [-0.1, -0.05) is 61.0 Å². The summed E-state index contributed by atoms with van der Waals surface area (Å²) in [6, 6.07) is 0. The Balaban J connectivity index is 1.62. The highest BCUT2D eigenvalue weighted by atomic mass is 16.5. The molecule has 5 aliphatic carbocycles. The van der Waals surface area contributed by atoms with E-state index in [-0.39, 0.29) is 27.8 Å². The van der Waals surface area contributed by atoms with Gasteiger partial charge in [0.05, 0.1) is 6.10 Å². The fraction of sp³-hybridized carbons (Fsp3) is 0.912. The first-order valence-electron chi connectivity index (χ1n) is 15.7. The highest BCUT2D eigenvalue weighted by Crippen LogP contribution is 2.77. The van der Waals surface area contributed by atoms with Crippen LogP contribution in [-0.2, 0) is 9.53 Å². The Morgan fingerprint density at radius 3 is 2.08 bits per heavy atom. The molecule has 0 saturated heterocycles. The Labute approximate surface area is 232 Å². The standard InChI is InChI=1S/C34H57NO3/c1-20(2)26-23(36)18-29(7)16-17-31(9)22(27(26)29)12-13-25-30(8)19-33(11,38-21(3)4)34(35,37)28(5,6)24(30)14-15-32(25,31)10/h20-22,24-25,37H,12-19,35H2,1-11H3/t22-,24+,25-,29+,30+,31-,32-,33?,34-/m1/s1. The number of ether oxygens (including phenoxy) is 1. The van der Waals surface area contributed by atoms with Gasteiger partial charge in [0.2, 0.25) is 0 Å². The van der Waals surface area contributed by atoms with E-state index in [9.17, 15) is 9.90 Å². The van der Waals surface area contributed by atoms with Crippen LogP contribution < -0.4 is 5.73 Å². The van der Waals surface area contributed by atoms with Crippen LogP contribution >= 0.6 is 0 Å². The average molecular weight is 528 g/mol. The quantitative estimate of drug-likeness (QED) is 0.374. The van der Waals surface area contributed by atoms with Crippen molar-refractivity contribution in [3.63, 3.8) is 0 Å². The predicted octanol–water partition coefficient (Wildman–Crippen LogP) is 7.43. The number of nitrogens with two attached hydrogens (primary N) is 1. The minimum Gasteiger partial charge on any atom is -0.372 e. The van der Waals surface area contributed by atoms with Gasteiger partial charge < -0.3 is 15.6 Å². The molecular weight excluding hydrogens is 470 g/mol. The third-order valence-electron chi connectivity index (χ3n) is 13.9. The van der Waals surface area contributed by atoms with Crippen LogP contribution in [0.15, 0.2) is 11.1 Å². The number of hydrogen-bond donors (Lipinski definition) is 2. The van der Waals surface area contributed by atoms with Gasteiger partial charge in [-0.05, 0) is 117 Å². The smallest absolute Gasteiger partial charge is 0.159 e. The lowest BCUT2D eigenvalue weighted by atomic mass is 9.31. The van der Waals surface area contributed by atoms with Gasteiger partial charge in [-0.25, -0.2) is 0 Å². The molecule has 0 heterocycles. The number of aliphatic hydroxyl groups is 1. The van der Waals surface area contributed by atoms with Gasteiger partial charge in [-0.2, -0.15) is 0 Å². The van der Waals surface area contributed by atoms with Crippen LogP contribution in [0, 0.1) is 50.7 Å². The summed E-state index contributed by atoms with van der Waals surface area (Å²) in [7, 11) is 0. The maximum Gasteiger partial charge on any atom is 0.159 e. The minimum absolute atomic E-state index is 0.00781. The zero-order chi connectivity index (χ0) is 28.5.